The topological polar surface area (TPSA) is 51.1 Å². The third-order valence-electron chi connectivity index (χ3n) is 4.67. The Morgan fingerprint density at radius 1 is 1.10 bits per heavy atom. The van der Waals surface area contributed by atoms with Gasteiger partial charge in [0.1, 0.15) is 0 Å². The molecule has 0 N–H and O–H groups in total. The van der Waals surface area contributed by atoms with E-state index in [1.54, 1.807) is 12.0 Å². The molecule has 1 fully saturated rings. The Labute approximate surface area is 182 Å². The number of rotatable bonds is 8. The van der Waals surface area contributed by atoms with Gasteiger partial charge in [0.25, 0.3) is 5.91 Å². The molecule has 0 unspecified atom stereocenters. The van der Waals surface area contributed by atoms with Crippen LogP contribution >= 0.6 is 11.8 Å². The van der Waals surface area contributed by atoms with Gasteiger partial charge in [-0.1, -0.05) is 37.1 Å². The van der Waals surface area contributed by atoms with Crippen molar-refractivity contribution in [3.05, 3.63) is 58.5 Å². The van der Waals surface area contributed by atoms with Crippen LogP contribution in [0, 0.1) is 6.92 Å². The lowest BCUT2D eigenvalue weighted by atomic mass is 10.2. The number of carbonyl (C=O) groups excluding carboxylic acids is 1. The van der Waals surface area contributed by atoms with E-state index in [4.69, 9.17) is 14.5 Å². The minimum Gasteiger partial charge on any atom is -0.493 e. The number of aryl methyl sites for hydroxylation is 1. The third kappa shape index (κ3) is 5.25. The summed E-state index contributed by atoms with van der Waals surface area (Å²) in [5.74, 6) is 1.34. The molecule has 0 aliphatic carbocycles. The van der Waals surface area contributed by atoms with E-state index in [0.717, 1.165) is 29.3 Å². The second-order valence-corrected chi connectivity index (χ2v) is 8.00. The average Bonchev–Trinajstić information content (AvgIpc) is 3.03. The predicted octanol–water partition coefficient (Wildman–Crippen LogP) is 5.81. The molecular formula is C24H28N2O3S. The van der Waals surface area contributed by atoms with Gasteiger partial charge in [-0.25, -0.2) is 4.99 Å². The number of hydrogen-bond donors (Lipinski definition) is 0. The molecule has 1 aliphatic rings. The normalized spacial score (nSPS) is 16.5. The van der Waals surface area contributed by atoms with Gasteiger partial charge < -0.3 is 9.47 Å². The fourth-order valence-electron chi connectivity index (χ4n) is 3.03. The molecule has 2 aromatic carbocycles. The maximum absolute atomic E-state index is 13.1. The number of thioether (sulfide) groups is 1. The smallest absolute Gasteiger partial charge is 0.266 e. The second-order valence-electron chi connectivity index (χ2n) is 6.99. The van der Waals surface area contributed by atoms with Crippen LogP contribution in [0.4, 0.5) is 5.69 Å². The highest BCUT2D eigenvalue weighted by Crippen LogP contribution is 2.36. The Balaban J connectivity index is 1.91. The first kappa shape index (κ1) is 22.0. The Morgan fingerprint density at radius 2 is 1.87 bits per heavy atom. The Bertz CT molecular complexity index is 951. The van der Waals surface area contributed by atoms with Crippen molar-refractivity contribution in [1.29, 1.82) is 0 Å². The number of unbranched alkanes of at least 4 members (excludes halogenated alkanes) is 1. The Hall–Kier alpha value is -2.73. The van der Waals surface area contributed by atoms with Gasteiger partial charge in [-0.2, -0.15) is 0 Å². The van der Waals surface area contributed by atoms with Crippen molar-refractivity contribution in [2.75, 3.05) is 20.3 Å². The molecule has 0 spiro atoms. The molecule has 0 bridgehead atoms. The van der Waals surface area contributed by atoms with E-state index in [0.29, 0.717) is 29.6 Å². The highest BCUT2D eigenvalue weighted by Gasteiger charge is 2.33. The van der Waals surface area contributed by atoms with Crippen molar-refractivity contribution in [2.24, 2.45) is 4.99 Å². The van der Waals surface area contributed by atoms with Crippen molar-refractivity contribution in [3.63, 3.8) is 0 Å². The van der Waals surface area contributed by atoms with E-state index in [9.17, 15) is 4.79 Å². The summed E-state index contributed by atoms with van der Waals surface area (Å²) in [7, 11) is 1.61. The number of amidine groups is 1. The van der Waals surface area contributed by atoms with E-state index in [1.165, 1.54) is 17.3 Å². The van der Waals surface area contributed by atoms with Gasteiger partial charge in [-0.3, -0.25) is 9.69 Å². The first-order valence-corrected chi connectivity index (χ1v) is 11.0. The van der Waals surface area contributed by atoms with Crippen molar-refractivity contribution in [3.8, 4) is 11.5 Å². The van der Waals surface area contributed by atoms with Crippen LogP contribution < -0.4 is 9.47 Å². The molecule has 30 heavy (non-hydrogen) atoms. The number of aliphatic imine (C=N–C) groups is 1. The standard InChI is InChI=1S/C24H28N2O3S/c1-5-7-14-26-23(27)22(30-24(26)25-19-11-8-17(3)9-12-19)16-18-10-13-20(29-6-2)21(15-18)28-4/h8-13,15-16H,5-7,14H2,1-4H3/b22-16+,25-24?. The second kappa shape index (κ2) is 10.3. The van der Waals surface area contributed by atoms with E-state index >= 15 is 0 Å². The Morgan fingerprint density at radius 3 is 2.53 bits per heavy atom. The van der Waals surface area contributed by atoms with Crippen LogP contribution in [0.15, 0.2) is 52.4 Å². The van der Waals surface area contributed by atoms with Crippen molar-refractivity contribution in [2.45, 2.75) is 33.6 Å². The lowest BCUT2D eigenvalue weighted by molar-refractivity contribution is -0.122. The maximum Gasteiger partial charge on any atom is 0.266 e. The zero-order valence-electron chi connectivity index (χ0n) is 18.0. The predicted molar refractivity (Wildman–Crippen MR) is 125 cm³/mol. The molecule has 1 aliphatic heterocycles. The molecule has 5 nitrogen and oxygen atoms in total. The van der Waals surface area contributed by atoms with Crippen LogP contribution in [0.5, 0.6) is 11.5 Å². The quantitative estimate of drug-likeness (QED) is 0.502. The van der Waals surface area contributed by atoms with Crippen molar-refractivity contribution in [1.82, 2.24) is 4.90 Å². The third-order valence-corrected chi connectivity index (χ3v) is 5.67. The molecule has 158 valence electrons. The van der Waals surface area contributed by atoms with E-state index in [1.807, 2.05) is 62.4 Å². The summed E-state index contributed by atoms with van der Waals surface area (Å²) in [5.41, 5.74) is 2.92. The van der Waals surface area contributed by atoms with Crippen LogP contribution in [0.25, 0.3) is 6.08 Å². The summed E-state index contributed by atoms with van der Waals surface area (Å²) in [6.07, 6.45) is 3.84. The van der Waals surface area contributed by atoms with Gasteiger partial charge in [0.15, 0.2) is 16.7 Å². The van der Waals surface area contributed by atoms with Gasteiger partial charge in [0.05, 0.1) is 24.3 Å². The molecule has 1 saturated heterocycles. The molecular weight excluding hydrogens is 396 g/mol. The molecule has 0 radical (unpaired) electrons. The zero-order valence-corrected chi connectivity index (χ0v) is 18.8. The lowest BCUT2D eigenvalue weighted by Crippen LogP contribution is -2.30. The number of hydrogen-bond acceptors (Lipinski definition) is 5. The monoisotopic (exact) mass is 424 g/mol. The number of benzene rings is 2. The van der Waals surface area contributed by atoms with Gasteiger partial charge in [0.2, 0.25) is 0 Å². The Kier molecular flexibility index (Phi) is 7.57. The van der Waals surface area contributed by atoms with E-state index < -0.39 is 0 Å². The van der Waals surface area contributed by atoms with Gasteiger partial charge >= 0.3 is 0 Å². The molecule has 0 aromatic heterocycles. The number of carbonyl (C=O) groups is 1. The lowest BCUT2D eigenvalue weighted by Gasteiger charge is -2.14. The van der Waals surface area contributed by atoms with Crippen molar-refractivity contribution >= 4 is 34.6 Å². The highest BCUT2D eigenvalue weighted by atomic mass is 32.2. The largest absolute Gasteiger partial charge is 0.493 e. The van der Waals surface area contributed by atoms with Crippen LogP contribution in [-0.2, 0) is 4.79 Å². The van der Waals surface area contributed by atoms with Crippen LogP contribution in [0.2, 0.25) is 0 Å². The summed E-state index contributed by atoms with van der Waals surface area (Å²) in [5, 5.41) is 0.724. The average molecular weight is 425 g/mol. The summed E-state index contributed by atoms with van der Waals surface area (Å²) in [6, 6.07) is 13.7. The molecule has 2 aromatic rings. The number of nitrogens with zero attached hydrogens (tertiary/aromatic N) is 2. The minimum atomic E-state index is -0.00726. The SMILES string of the molecule is CCCCN1C(=O)/C(=C\c2ccc(OCC)c(OC)c2)SC1=Nc1ccc(C)cc1. The number of ether oxygens (including phenoxy) is 2. The summed E-state index contributed by atoms with van der Waals surface area (Å²) in [6.45, 7) is 7.33. The van der Waals surface area contributed by atoms with E-state index in [2.05, 4.69) is 6.92 Å². The molecule has 0 saturated carbocycles. The first-order valence-electron chi connectivity index (χ1n) is 10.2. The van der Waals surface area contributed by atoms with Gasteiger partial charge in [-0.15, -0.1) is 0 Å². The molecule has 1 heterocycles. The van der Waals surface area contributed by atoms with Crippen LogP contribution in [-0.4, -0.2) is 36.2 Å². The number of methoxy groups -OCH3 is 1. The van der Waals surface area contributed by atoms with Gasteiger partial charge in [0, 0.05) is 6.54 Å². The summed E-state index contributed by atoms with van der Waals surface area (Å²) >= 11 is 1.41. The van der Waals surface area contributed by atoms with E-state index in [-0.39, 0.29) is 5.91 Å². The summed E-state index contributed by atoms with van der Waals surface area (Å²) in [4.78, 5) is 20.3. The summed E-state index contributed by atoms with van der Waals surface area (Å²) < 4.78 is 11.0. The molecule has 6 heteroatoms. The molecule has 0 atom stereocenters. The van der Waals surface area contributed by atoms with Gasteiger partial charge in [-0.05, 0) is 67.9 Å². The minimum absolute atomic E-state index is 0.00726. The zero-order chi connectivity index (χ0) is 21.5. The fourth-order valence-corrected chi connectivity index (χ4v) is 4.06. The van der Waals surface area contributed by atoms with Crippen molar-refractivity contribution < 1.29 is 14.3 Å². The molecule has 3 rings (SSSR count). The van der Waals surface area contributed by atoms with Crippen LogP contribution in [0.1, 0.15) is 37.8 Å². The number of amides is 1. The molecule has 1 amide bonds. The van der Waals surface area contributed by atoms with Crippen LogP contribution in [0.3, 0.4) is 0 Å². The fraction of sp³-hybridized carbons (Fsp3) is 0.333. The maximum atomic E-state index is 13.1. The highest BCUT2D eigenvalue weighted by molar-refractivity contribution is 8.18. The first-order chi connectivity index (χ1) is 14.5.